The third-order valence-electron chi connectivity index (χ3n) is 6.51. The molecule has 10 heteroatoms. The Labute approximate surface area is 218 Å². The van der Waals surface area contributed by atoms with Gasteiger partial charge in [0.15, 0.2) is 0 Å². The number of carboxylic acid groups (broad SMARTS) is 1. The third kappa shape index (κ3) is 5.05. The van der Waals surface area contributed by atoms with Gasteiger partial charge in [0, 0.05) is 36.3 Å². The minimum absolute atomic E-state index is 0.0126. The molecule has 2 aromatic heterocycles. The number of ether oxygens (including phenoxy) is 2. The largest absolute Gasteiger partial charge is 0.497 e. The maximum absolute atomic E-state index is 12.2. The molecule has 4 aromatic rings. The first-order valence-electron chi connectivity index (χ1n) is 11.6. The number of aromatic carboxylic acids is 1. The topological polar surface area (TPSA) is 115 Å². The molecule has 2 heterocycles. The number of aromatic nitrogens is 3. The zero-order valence-electron chi connectivity index (χ0n) is 21.0. The molecule has 0 saturated carbocycles. The maximum Gasteiger partial charge on any atom is 0.355 e. The number of benzene rings is 2. The maximum atomic E-state index is 12.2. The van der Waals surface area contributed by atoms with E-state index in [2.05, 4.69) is 5.10 Å². The van der Waals surface area contributed by atoms with E-state index in [1.165, 1.54) is 0 Å². The predicted molar refractivity (Wildman–Crippen MR) is 137 cm³/mol. The molecule has 1 N–H and O–H groups in total. The smallest absolute Gasteiger partial charge is 0.355 e. The molecule has 0 fully saturated rings. The zero-order valence-corrected chi connectivity index (χ0v) is 21.8. The van der Waals surface area contributed by atoms with E-state index in [9.17, 15) is 19.8 Å². The quantitative estimate of drug-likeness (QED) is 0.317. The highest BCUT2D eigenvalue weighted by Crippen LogP contribution is 2.42. The summed E-state index contributed by atoms with van der Waals surface area (Å²) in [5.74, 6) is -1.64. The van der Waals surface area contributed by atoms with Crippen LogP contribution in [0.25, 0.3) is 22.0 Å². The van der Waals surface area contributed by atoms with Crippen LogP contribution in [-0.2, 0) is 48.4 Å². The molecule has 0 bridgehead atoms. The van der Waals surface area contributed by atoms with Gasteiger partial charge in [-0.05, 0) is 42.7 Å². The number of carbonyl (C=O) groups is 2. The Bertz CT molecular complexity index is 1490. The van der Waals surface area contributed by atoms with Gasteiger partial charge in [-0.2, -0.15) is 5.10 Å². The first-order chi connectivity index (χ1) is 17.6. The lowest BCUT2D eigenvalue weighted by atomic mass is 9.98. The fraction of sp³-hybridized carbons (Fsp3) is 0.296. The lowest BCUT2D eigenvalue weighted by Crippen LogP contribution is -2.08. The van der Waals surface area contributed by atoms with Gasteiger partial charge in [-0.25, -0.2) is 14.7 Å². The lowest BCUT2D eigenvalue weighted by Gasteiger charge is -2.12. The van der Waals surface area contributed by atoms with Gasteiger partial charge in [0.1, 0.15) is 11.4 Å². The van der Waals surface area contributed by atoms with Crippen molar-refractivity contribution < 1.29 is 29.3 Å². The SMILES string of the molecule is COc1ccc(COCc2nn(C)c(C)c2-c2c(Cl)ccc3c(CCC([O])=O)c(C(=O)O)n(C)c23)cc1. The first-order valence-corrected chi connectivity index (χ1v) is 12.0. The molecule has 9 nitrogen and oxygen atoms in total. The number of hydrogen-bond acceptors (Lipinski definition) is 5. The van der Waals surface area contributed by atoms with Crippen LogP contribution in [-0.4, -0.2) is 38.5 Å². The molecule has 0 saturated heterocycles. The number of carboxylic acids is 1. The monoisotopic (exact) mass is 524 g/mol. The molecule has 37 heavy (non-hydrogen) atoms. The molecule has 193 valence electrons. The number of halogens is 1. The second-order valence-electron chi connectivity index (χ2n) is 8.75. The highest BCUT2D eigenvalue weighted by Gasteiger charge is 2.27. The van der Waals surface area contributed by atoms with Crippen molar-refractivity contribution in [3.05, 3.63) is 69.6 Å². The summed E-state index contributed by atoms with van der Waals surface area (Å²) in [7, 11) is 5.07. The van der Waals surface area contributed by atoms with Crippen LogP contribution in [0, 0.1) is 6.92 Å². The van der Waals surface area contributed by atoms with Crippen LogP contribution in [0.2, 0.25) is 5.02 Å². The Balaban J connectivity index is 1.79. The van der Waals surface area contributed by atoms with Gasteiger partial charge in [0.05, 0.1) is 43.0 Å². The molecule has 0 amide bonds. The van der Waals surface area contributed by atoms with Gasteiger partial charge in [-0.1, -0.05) is 29.8 Å². The fourth-order valence-electron chi connectivity index (χ4n) is 4.68. The molecule has 4 rings (SSSR count). The summed E-state index contributed by atoms with van der Waals surface area (Å²) in [5.41, 5.74) is 4.84. The van der Waals surface area contributed by atoms with Crippen molar-refractivity contribution in [1.82, 2.24) is 14.3 Å². The van der Waals surface area contributed by atoms with E-state index in [0.717, 1.165) is 22.6 Å². The van der Waals surface area contributed by atoms with Crippen molar-refractivity contribution in [1.29, 1.82) is 0 Å². The van der Waals surface area contributed by atoms with E-state index in [1.54, 1.807) is 35.5 Å². The Morgan fingerprint density at radius 1 is 1.05 bits per heavy atom. The van der Waals surface area contributed by atoms with Crippen LogP contribution in [0.4, 0.5) is 0 Å². The van der Waals surface area contributed by atoms with Crippen molar-refractivity contribution >= 4 is 34.4 Å². The molecule has 0 aliphatic heterocycles. The van der Waals surface area contributed by atoms with Gasteiger partial charge in [-0.3, -0.25) is 4.68 Å². The highest BCUT2D eigenvalue weighted by molar-refractivity contribution is 6.35. The number of aryl methyl sites for hydroxylation is 3. The molecule has 0 spiro atoms. The van der Waals surface area contributed by atoms with E-state index >= 15 is 0 Å². The number of fused-ring (bicyclic) bond motifs is 1. The van der Waals surface area contributed by atoms with Crippen molar-refractivity contribution in [2.45, 2.75) is 33.0 Å². The summed E-state index contributed by atoms with van der Waals surface area (Å²) >= 11 is 6.74. The average Bonchev–Trinajstić information content (AvgIpc) is 3.30. The summed E-state index contributed by atoms with van der Waals surface area (Å²) in [4.78, 5) is 23.3. The van der Waals surface area contributed by atoms with Gasteiger partial charge in [0.25, 0.3) is 0 Å². The summed E-state index contributed by atoms with van der Waals surface area (Å²) in [5, 5.41) is 26.8. The van der Waals surface area contributed by atoms with Crippen LogP contribution in [0.15, 0.2) is 36.4 Å². The number of methoxy groups -OCH3 is 1. The summed E-state index contributed by atoms with van der Waals surface area (Å²) in [6, 6.07) is 11.0. The number of nitrogens with zero attached hydrogens (tertiary/aromatic N) is 3. The Morgan fingerprint density at radius 2 is 1.76 bits per heavy atom. The third-order valence-corrected chi connectivity index (χ3v) is 6.83. The number of rotatable bonds is 10. The normalized spacial score (nSPS) is 11.3. The minimum Gasteiger partial charge on any atom is -0.497 e. The van der Waals surface area contributed by atoms with Gasteiger partial charge in [0.2, 0.25) is 0 Å². The molecule has 0 aliphatic rings. The summed E-state index contributed by atoms with van der Waals surface area (Å²) < 4.78 is 14.5. The minimum atomic E-state index is -1.25. The molecule has 1 radical (unpaired) electrons. The first kappa shape index (κ1) is 26.2. The summed E-state index contributed by atoms with van der Waals surface area (Å²) in [6.45, 7) is 2.46. The van der Waals surface area contributed by atoms with Crippen molar-refractivity contribution in [3.8, 4) is 16.9 Å². The number of carbonyl (C=O) groups excluding carboxylic acids is 1. The molecule has 2 aromatic carbocycles. The molecule has 0 aliphatic carbocycles. The second kappa shape index (κ2) is 10.7. The Hall–Kier alpha value is -3.82. The fourth-order valence-corrected chi connectivity index (χ4v) is 4.93. The van der Waals surface area contributed by atoms with Crippen LogP contribution >= 0.6 is 11.6 Å². The lowest BCUT2D eigenvalue weighted by molar-refractivity contribution is -0.143. The van der Waals surface area contributed by atoms with E-state index < -0.39 is 11.9 Å². The molecular formula is C27H27ClN3O6. The number of hydrogen-bond donors (Lipinski definition) is 1. The van der Waals surface area contributed by atoms with Crippen molar-refractivity contribution in [2.24, 2.45) is 14.1 Å². The Kier molecular flexibility index (Phi) is 7.56. The van der Waals surface area contributed by atoms with E-state index in [0.29, 0.717) is 39.4 Å². The highest BCUT2D eigenvalue weighted by atomic mass is 35.5. The van der Waals surface area contributed by atoms with Gasteiger partial charge < -0.3 is 19.1 Å². The van der Waals surface area contributed by atoms with Gasteiger partial charge in [-0.15, -0.1) is 0 Å². The average molecular weight is 525 g/mol. The van der Waals surface area contributed by atoms with Crippen molar-refractivity contribution in [3.63, 3.8) is 0 Å². The van der Waals surface area contributed by atoms with Gasteiger partial charge >= 0.3 is 11.9 Å². The Morgan fingerprint density at radius 3 is 2.38 bits per heavy atom. The second-order valence-corrected chi connectivity index (χ2v) is 9.16. The van der Waals surface area contributed by atoms with Crippen LogP contribution < -0.4 is 4.74 Å². The zero-order chi connectivity index (χ0) is 26.9. The van der Waals surface area contributed by atoms with E-state index in [1.807, 2.05) is 38.2 Å². The molecule has 0 unspecified atom stereocenters. The van der Waals surface area contributed by atoms with E-state index in [4.69, 9.17) is 21.1 Å². The predicted octanol–water partition coefficient (Wildman–Crippen LogP) is 4.85. The molecular weight excluding hydrogens is 498 g/mol. The van der Waals surface area contributed by atoms with E-state index in [-0.39, 0.29) is 25.1 Å². The van der Waals surface area contributed by atoms with Crippen LogP contribution in [0.5, 0.6) is 5.75 Å². The molecule has 0 atom stereocenters. The summed E-state index contributed by atoms with van der Waals surface area (Å²) in [6.07, 6.45) is -0.278. The van der Waals surface area contributed by atoms with Crippen molar-refractivity contribution in [2.75, 3.05) is 7.11 Å². The van der Waals surface area contributed by atoms with Crippen LogP contribution in [0.3, 0.4) is 0 Å². The standard InChI is InChI=1S/C27H27ClN3O6/c1-15-23(21(29-31(15)3)14-37-13-16-5-7-17(36-4)8-6-16)24-20(28)11-9-18-19(10-12-22(32)33)26(27(34)35)30(2)25(18)24/h5-9,11H,10,12-14H2,1-4H3,(H,34,35). The van der Waals surface area contributed by atoms with Crippen LogP contribution in [0.1, 0.15) is 39.4 Å².